The van der Waals surface area contributed by atoms with Crippen LogP contribution in [0.2, 0.25) is 10.0 Å². The molecule has 0 spiro atoms. The summed E-state index contributed by atoms with van der Waals surface area (Å²) in [5, 5.41) is 12.6. The van der Waals surface area contributed by atoms with E-state index in [2.05, 4.69) is 5.32 Å². The number of nitriles is 1. The molecule has 4 nitrogen and oxygen atoms in total. The molecule has 0 aliphatic heterocycles. The molecular formula is C18H14Cl2N2O2. The fourth-order valence-corrected chi connectivity index (χ4v) is 2.63. The number of benzene rings is 2. The van der Waals surface area contributed by atoms with Crippen molar-refractivity contribution in [2.75, 3.05) is 12.4 Å². The van der Waals surface area contributed by atoms with Crippen molar-refractivity contribution < 1.29 is 9.53 Å². The van der Waals surface area contributed by atoms with Gasteiger partial charge in [0.15, 0.2) is 0 Å². The molecule has 1 amide bonds. The van der Waals surface area contributed by atoms with E-state index in [0.717, 1.165) is 5.56 Å². The standard InChI is InChI=1S/C18H14Cl2N2O2/c1-11-3-5-15(6-4-11)22-18(23)13(10-21)7-12-8-14(19)9-16(20)17(12)24-2/h3-9H,1-2H3,(H,22,23)/b13-7+. The number of nitrogens with one attached hydrogen (secondary N) is 1. The van der Waals surface area contributed by atoms with Gasteiger partial charge >= 0.3 is 0 Å². The van der Waals surface area contributed by atoms with Crippen molar-refractivity contribution in [3.8, 4) is 11.8 Å². The van der Waals surface area contributed by atoms with E-state index < -0.39 is 5.91 Å². The first-order valence-corrected chi connectivity index (χ1v) is 7.73. The van der Waals surface area contributed by atoms with E-state index in [9.17, 15) is 10.1 Å². The second-order valence-corrected chi connectivity index (χ2v) is 5.84. The Kier molecular flexibility index (Phi) is 5.86. The van der Waals surface area contributed by atoms with Crippen LogP contribution < -0.4 is 10.1 Å². The van der Waals surface area contributed by atoms with Crippen LogP contribution in [-0.2, 0) is 4.79 Å². The summed E-state index contributed by atoms with van der Waals surface area (Å²) in [4.78, 5) is 12.3. The minimum absolute atomic E-state index is 0.0905. The number of anilines is 1. The van der Waals surface area contributed by atoms with Gasteiger partial charge in [0, 0.05) is 16.3 Å². The van der Waals surface area contributed by atoms with Gasteiger partial charge in [-0.05, 0) is 37.3 Å². The number of aryl methyl sites for hydroxylation is 1. The molecule has 1 N–H and O–H groups in total. The van der Waals surface area contributed by atoms with Crippen LogP contribution in [0.1, 0.15) is 11.1 Å². The highest BCUT2D eigenvalue weighted by molar-refractivity contribution is 6.36. The number of ether oxygens (including phenoxy) is 1. The number of carbonyl (C=O) groups excluding carboxylic acids is 1. The predicted octanol–water partition coefficient (Wildman–Crippen LogP) is 4.86. The van der Waals surface area contributed by atoms with E-state index in [4.69, 9.17) is 27.9 Å². The maximum absolute atomic E-state index is 12.3. The molecule has 0 atom stereocenters. The average molecular weight is 361 g/mol. The molecule has 2 rings (SSSR count). The molecule has 0 bridgehead atoms. The summed E-state index contributed by atoms with van der Waals surface area (Å²) >= 11 is 12.0. The summed E-state index contributed by atoms with van der Waals surface area (Å²) in [6, 6.07) is 12.2. The first kappa shape index (κ1) is 17.9. The van der Waals surface area contributed by atoms with E-state index in [0.29, 0.717) is 27.0 Å². The number of hydrogen-bond donors (Lipinski definition) is 1. The maximum Gasteiger partial charge on any atom is 0.266 e. The Morgan fingerprint density at radius 1 is 1.25 bits per heavy atom. The van der Waals surface area contributed by atoms with Crippen LogP contribution in [0.15, 0.2) is 42.0 Å². The highest BCUT2D eigenvalue weighted by atomic mass is 35.5. The molecule has 0 aromatic heterocycles. The SMILES string of the molecule is COc1c(Cl)cc(Cl)cc1/C=C(\C#N)C(=O)Nc1ccc(C)cc1. The van der Waals surface area contributed by atoms with Gasteiger partial charge in [-0.25, -0.2) is 0 Å². The summed E-state index contributed by atoms with van der Waals surface area (Å²) in [7, 11) is 1.45. The van der Waals surface area contributed by atoms with Crippen molar-refractivity contribution in [2.45, 2.75) is 6.92 Å². The molecule has 2 aromatic rings. The lowest BCUT2D eigenvalue weighted by atomic mass is 10.1. The molecule has 0 aliphatic rings. The number of carbonyl (C=O) groups is 1. The van der Waals surface area contributed by atoms with Crippen LogP contribution in [0.3, 0.4) is 0 Å². The summed E-state index contributed by atoms with van der Waals surface area (Å²) < 4.78 is 5.21. The van der Waals surface area contributed by atoms with Crippen LogP contribution in [0.5, 0.6) is 5.75 Å². The smallest absolute Gasteiger partial charge is 0.266 e. The van der Waals surface area contributed by atoms with Crippen LogP contribution in [-0.4, -0.2) is 13.0 Å². The van der Waals surface area contributed by atoms with E-state index in [1.807, 2.05) is 25.1 Å². The Balaban J connectivity index is 2.34. The fraction of sp³-hybridized carbons (Fsp3) is 0.111. The molecule has 0 aliphatic carbocycles. The summed E-state index contributed by atoms with van der Waals surface area (Å²) in [6.45, 7) is 1.95. The number of rotatable bonds is 4. The predicted molar refractivity (Wildman–Crippen MR) is 96.4 cm³/mol. The minimum atomic E-state index is -0.528. The van der Waals surface area contributed by atoms with Crippen LogP contribution in [0.4, 0.5) is 5.69 Å². The first-order chi connectivity index (χ1) is 11.4. The van der Waals surface area contributed by atoms with Gasteiger partial charge in [0.25, 0.3) is 5.91 Å². The number of halogens is 2. The number of hydrogen-bond acceptors (Lipinski definition) is 3. The highest BCUT2D eigenvalue weighted by Gasteiger charge is 2.13. The van der Waals surface area contributed by atoms with E-state index in [1.165, 1.54) is 19.3 Å². The van der Waals surface area contributed by atoms with Gasteiger partial charge in [-0.2, -0.15) is 5.26 Å². The molecular weight excluding hydrogens is 347 g/mol. The van der Waals surface area contributed by atoms with Crippen molar-refractivity contribution >= 4 is 40.9 Å². The van der Waals surface area contributed by atoms with Gasteiger partial charge in [0.1, 0.15) is 17.4 Å². The first-order valence-electron chi connectivity index (χ1n) is 6.97. The molecule has 0 heterocycles. The Labute approximate surface area is 150 Å². The van der Waals surface area contributed by atoms with E-state index in [1.54, 1.807) is 18.2 Å². The monoisotopic (exact) mass is 360 g/mol. The number of nitrogens with zero attached hydrogens (tertiary/aromatic N) is 1. The van der Waals surface area contributed by atoms with Gasteiger partial charge in [0.05, 0.1) is 12.1 Å². The van der Waals surface area contributed by atoms with Crippen LogP contribution in [0, 0.1) is 18.3 Å². The third-order valence-corrected chi connectivity index (χ3v) is 3.71. The highest BCUT2D eigenvalue weighted by Crippen LogP contribution is 2.33. The van der Waals surface area contributed by atoms with Crippen molar-refractivity contribution in [1.82, 2.24) is 0 Å². The molecule has 122 valence electrons. The van der Waals surface area contributed by atoms with Gasteiger partial charge in [0.2, 0.25) is 0 Å². The summed E-state index contributed by atoms with van der Waals surface area (Å²) in [5.74, 6) is -0.184. The molecule has 24 heavy (non-hydrogen) atoms. The molecule has 0 saturated heterocycles. The third-order valence-electron chi connectivity index (χ3n) is 3.22. The van der Waals surface area contributed by atoms with Crippen molar-refractivity contribution in [3.05, 3.63) is 63.1 Å². The Hall–Kier alpha value is -2.48. The second kappa shape index (κ2) is 7.87. The van der Waals surface area contributed by atoms with Gasteiger partial charge in [-0.1, -0.05) is 40.9 Å². The quantitative estimate of drug-likeness (QED) is 0.625. The lowest BCUT2D eigenvalue weighted by molar-refractivity contribution is -0.112. The van der Waals surface area contributed by atoms with Crippen molar-refractivity contribution in [1.29, 1.82) is 5.26 Å². The van der Waals surface area contributed by atoms with Gasteiger partial charge in [-0.3, -0.25) is 4.79 Å². The third kappa shape index (κ3) is 4.29. The van der Waals surface area contributed by atoms with E-state index >= 15 is 0 Å². The molecule has 2 aromatic carbocycles. The van der Waals surface area contributed by atoms with Crippen LogP contribution >= 0.6 is 23.2 Å². The molecule has 0 radical (unpaired) electrons. The molecule has 0 unspecified atom stereocenters. The molecule has 0 saturated carbocycles. The van der Waals surface area contributed by atoms with Crippen LogP contribution in [0.25, 0.3) is 6.08 Å². The topological polar surface area (TPSA) is 62.1 Å². The lowest BCUT2D eigenvalue weighted by Crippen LogP contribution is -2.13. The molecule has 0 fully saturated rings. The Morgan fingerprint density at radius 3 is 2.50 bits per heavy atom. The van der Waals surface area contributed by atoms with Gasteiger partial charge in [-0.15, -0.1) is 0 Å². The fourth-order valence-electron chi connectivity index (χ4n) is 2.04. The summed E-state index contributed by atoms with van der Waals surface area (Å²) in [6.07, 6.45) is 1.39. The van der Waals surface area contributed by atoms with Crippen molar-refractivity contribution in [2.24, 2.45) is 0 Å². The number of amides is 1. The zero-order valence-corrected chi connectivity index (χ0v) is 14.6. The average Bonchev–Trinajstić information content (AvgIpc) is 2.54. The van der Waals surface area contributed by atoms with Crippen molar-refractivity contribution in [3.63, 3.8) is 0 Å². The maximum atomic E-state index is 12.3. The zero-order valence-electron chi connectivity index (χ0n) is 13.1. The van der Waals surface area contributed by atoms with E-state index in [-0.39, 0.29) is 5.57 Å². The number of methoxy groups -OCH3 is 1. The zero-order chi connectivity index (χ0) is 17.7. The lowest BCUT2D eigenvalue weighted by Gasteiger charge is -2.09. The Bertz CT molecular complexity index is 837. The second-order valence-electron chi connectivity index (χ2n) is 5.00. The minimum Gasteiger partial charge on any atom is -0.495 e. The largest absolute Gasteiger partial charge is 0.495 e. The summed E-state index contributed by atoms with van der Waals surface area (Å²) in [5.41, 5.74) is 2.03. The van der Waals surface area contributed by atoms with Gasteiger partial charge < -0.3 is 10.1 Å². The Morgan fingerprint density at radius 2 is 1.92 bits per heavy atom. The normalized spacial score (nSPS) is 10.9. The molecule has 6 heteroatoms.